The van der Waals surface area contributed by atoms with Gasteiger partial charge in [0.15, 0.2) is 11.6 Å². The van der Waals surface area contributed by atoms with Gasteiger partial charge in [-0.25, -0.2) is 9.23 Å². The maximum absolute atomic E-state index is 14.6. The fourth-order valence-corrected chi connectivity index (χ4v) is 3.79. The van der Waals surface area contributed by atoms with Gasteiger partial charge in [-0.05, 0) is 61.2 Å². The molecule has 0 bridgehead atoms. The number of rotatable bonds is 10. The molecule has 2 N–H and O–H groups in total. The van der Waals surface area contributed by atoms with Crippen molar-refractivity contribution in [3.63, 3.8) is 0 Å². The fraction of sp³-hybridized carbons (Fsp3) is 0.391. The van der Waals surface area contributed by atoms with Crippen LogP contribution in [0.4, 0.5) is 4.39 Å². The molecule has 3 aromatic rings. The van der Waals surface area contributed by atoms with Crippen molar-refractivity contribution in [2.75, 3.05) is 6.61 Å². The summed E-state index contributed by atoms with van der Waals surface area (Å²) in [5.41, 5.74) is 1.96. The molecule has 0 saturated carbocycles. The topological polar surface area (TPSA) is 80.4 Å². The molecule has 2 atom stereocenters. The number of aliphatic hydroxyl groups is 1. The predicted molar refractivity (Wildman–Crippen MR) is 128 cm³/mol. The van der Waals surface area contributed by atoms with Gasteiger partial charge in [0.2, 0.25) is 5.82 Å². The molecule has 0 saturated heterocycles. The van der Waals surface area contributed by atoms with E-state index in [4.69, 9.17) is 44.2 Å². The molecule has 10 heteroatoms. The largest absolute Gasteiger partial charge is 0.489 e. The average Bonchev–Trinajstić information content (AvgIpc) is 3.25. The number of halogens is 4. The van der Waals surface area contributed by atoms with Crippen LogP contribution in [-0.2, 0) is 6.42 Å². The van der Waals surface area contributed by atoms with Crippen molar-refractivity contribution in [1.82, 2.24) is 15.0 Å². The summed E-state index contributed by atoms with van der Waals surface area (Å²) in [7, 11) is 0. The summed E-state index contributed by atoms with van der Waals surface area (Å²) < 4.78 is 25.4. The second kappa shape index (κ2) is 11.5. The summed E-state index contributed by atoms with van der Waals surface area (Å²) in [5.74, 6) is 0.195. The molecule has 3 rings (SSSR count). The Hall–Kier alpha value is -1.90. The molecule has 6 nitrogen and oxygen atoms in total. The van der Waals surface area contributed by atoms with E-state index in [9.17, 15) is 9.50 Å². The van der Waals surface area contributed by atoms with Crippen molar-refractivity contribution in [3.8, 4) is 28.6 Å². The molecular formula is C23H25Cl3FN3O3. The van der Waals surface area contributed by atoms with Crippen LogP contribution in [0.5, 0.6) is 5.75 Å². The minimum atomic E-state index is -0.796. The van der Waals surface area contributed by atoms with E-state index in [0.29, 0.717) is 16.5 Å². The maximum Gasteiger partial charge on any atom is 0.258 e. The molecule has 0 unspecified atom stereocenters. The van der Waals surface area contributed by atoms with Crippen molar-refractivity contribution < 1.29 is 18.8 Å². The second-order valence-corrected chi connectivity index (χ2v) is 9.22. The zero-order valence-corrected chi connectivity index (χ0v) is 20.7. The Kier molecular flexibility index (Phi) is 8.95. The van der Waals surface area contributed by atoms with Crippen LogP contribution < -0.4 is 9.57 Å². The number of nitrogens with one attached hydrogen (secondary N) is 1. The van der Waals surface area contributed by atoms with Crippen molar-refractivity contribution in [3.05, 3.63) is 51.8 Å². The van der Waals surface area contributed by atoms with Crippen molar-refractivity contribution >= 4 is 35.0 Å². The molecule has 0 amide bonds. The molecule has 0 spiro atoms. The Labute approximate surface area is 207 Å². The molecule has 0 aliphatic carbocycles. The molecule has 0 radical (unpaired) electrons. The first kappa shape index (κ1) is 25.7. The Morgan fingerprint density at radius 1 is 1.15 bits per heavy atom. The molecule has 0 aliphatic heterocycles. The smallest absolute Gasteiger partial charge is 0.258 e. The average molecular weight is 517 g/mol. The first-order valence-corrected chi connectivity index (χ1v) is 11.6. The van der Waals surface area contributed by atoms with Gasteiger partial charge in [-0.3, -0.25) is 0 Å². The van der Waals surface area contributed by atoms with E-state index in [0.717, 1.165) is 18.4 Å². The highest BCUT2D eigenvalue weighted by atomic mass is 35.5. The predicted octanol–water partition coefficient (Wildman–Crippen LogP) is 6.31. The van der Waals surface area contributed by atoms with Crippen molar-refractivity contribution in [2.45, 2.75) is 45.8 Å². The lowest BCUT2D eigenvalue weighted by Crippen LogP contribution is -2.38. The quantitative estimate of drug-likeness (QED) is 0.307. The van der Waals surface area contributed by atoms with Crippen LogP contribution in [0.3, 0.4) is 0 Å². The van der Waals surface area contributed by atoms with Gasteiger partial charge in [-0.2, -0.15) is 4.98 Å². The fourth-order valence-electron chi connectivity index (χ4n) is 3.03. The Bertz CT molecular complexity index is 1090. The van der Waals surface area contributed by atoms with E-state index >= 15 is 0 Å². The Balaban J connectivity index is 1.78. The number of nitrogens with zero attached hydrogens (tertiary/aromatic N) is 2. The zero-order chi connectivity index (χ0) is 24.1. The third-order valence-electron chi connectivity index (χ3n) is 5.12. The molecular weight excluding hydrogens is 492 g/mol. The third-order valence-corrected chi connectivity index (χ3v) is 6.07. The van der Waals surface area contributed by atoms with Gasteiger partial charge in [0.25, 0.3) is 5.89 Å². The first-order chi connectivity index (χ1) is 15.7. The summed E-state index contributed by atoms with van der Waals surface area (Å²) in [4.78, 5) is 6.73. The van der Waals surface area contributed by atoms with E-state index in [-0.39, 0.29) is 34.7 Å². The van der Waals surface area contributed by atoms with Gasteiger partial charge < -0.3 is 14.4 Å². The first-order valence-electron chi connectivity index (χ1n) is 10.5. The van der Waals surface area contributed by atoms with Crippen LogP contribution in [0.15, 0.2) is 34.9 Å². The second-order valence-electron chi connectivity index (χ2n) is 8.19. The van der Waals surface area contributed by atoms with Crippen LogP contribution in [0.2, 0.25) is 10.0 Å². The Morgan fingerprint density at radius 2 is 1.91 bits per heavy atom. The highest BCUT2D eigenvalue weighted by Gasteiger charge is 2.20. The van der Waals surface area contributed by atoms with Crippen LogP contribution in [0.25, 0.3) is 22.8 Å². The lowest BCUT2D eigenvalue weighted by atomic mass is 10.0. The summed E-state index contributed by atoms with van der Waals surface area (Å²) in [6, 6.07) is 7.47. The molecule has 178 valence electrons. The van der Waals surface area contributed by atoms with E-state index in [1.807, 2.05) is 12.1 Å². The van der Waals surface area contributed by atoms with Crippen LogP contribution in [-0.4, -0.2) is 34.0 Å². The van der Waals surface area contributed by atoms with Crippen LogP contribution in [0.1, 0.15) is 32.8 Å². The molecule has 1 aromatic heterocycles. The van der Waals surface area contributed by atoms with Crippen LogP contribution in [0, 0.1) is 11.7 Å². The summed E-state index contributed by atoms with van der Waals surface area (Å²) >= 11 is 18.3. The van der Waals surface area contributed by atoms with Gasteiger partial charge in [0.05, 0.1) is 17.2 Å². The number of aromatic nitrogens is 2. The van der Waals surface area contributed by atoms with Crippen molar-refractivity contribution in [1.29, 1.82) is 0 Å². The lowest BCUT2D eigenvalue weighted by Gasteiger charge is -2.18. The van der Waals surface area contributed by atoms with E-state index in [2.05, 4.69) is 28.8 Å². The van der Waals surface area contributed by atoms with Gasteiger partial charge in [-0.1, -0.05) is 48.3 Å². The molecule has 33 heavy (non-hydrogen) atoms. The normalized spacial score (nSPS) is 13.4. The number of ether oxygens (including phenoxy) is 1. The zero-order valence-electron chi connectivity index (χ0n) is 18.4. The third kappa shape index (κ3) is 6.58. The molecule has 2 aromatic carbocycles. The minimum Gasteiger partial charge on any atom is -0.489 e. The van der Waals surface area contributed by atoms with E-state index in [1.165, 1.54) is 19.1 Å². The molecule has 0 fully saturated rings. The number of aryl methyl sites for hydroxylation is 1. The summed E-state index contributed by atoms with van der Waals surface area (Å²) in [6.45, 7) is 5.81. The van der Waals surface area contributed by atoms with Crippen molar-refractivity contribution in [2.24, 2.45) is 5.92 Å². The maximum atomic E-state index is 14.6. The molecule has 1 heterocycles. The number of aliphatic hydroxyl groups excluding tert-OH is 1. The Morgan fingerprint density at radius 3 is 2.55 bits per heavy atom. The minimum absolute atomic E-state index is 0.0615. The van der Waals surface area contributed by atoms with E-state index in [1.54, 1.807) is 6.07 Å². The lowest BCUT2D eigenvalue weighted by molar-refractivity contribution is 0.122. The monoisotopic (exact) mass is 515 g/mol. The SMILES string of the molecule is CC(C)CCc1ccc(-c2nc(-c3cc(F)c(OC[C@H](NCl)[C@@H](C)O)cc3Cl)no2)cc1Cl. The highest BCUT2D eigenvalue weighted by Crippen LogP contribution is 2.34. The molecule has 0 aliphatic rings. The van der Waals surface area contributed by atoms with E-state index < -0.39 is 18.0 Å². The summed E-state index contributed by atoms with van der Waals surface area (Å²) in [5, 5.41) is 14.3. The standard InChI is InChI=1S/C23H25Cl3FN3O3/c1-12(2)4-5-14-6-7-15(8-17(14)24)23-28-22(30-33-23)16-9-19(27)21(10-18(16)25)32-11-20(29-26)13(3)31/h6-10,12-13,20,29,31H,4-5,11H2,1-3H3/t13-,20+/m1/s1. The van der Waals surface area contributed by atoms with Gasteiger partial charge in [0.1, 0.15) is 6.61 Å². The van der Waals surface area contributed by atoms with Gasteiger partial charge in [-0.15, -0.1) is 0 Å². The number of hydrogen-bond donors (Lipinski definition) is 2. The van der Waals surface area contributed by atoms with Gasteiger partial charge >= 0.3 is 0 Å². The number of benzene rings is 2. The summed E-state index contributed by atoms with van der Waals surface area (Å²) in [6.07, 6.45) is 1.12. The van der Waals surface area contributed by atoms with Crippen LogP contribution >= 0.6 is 35.0 Å². The van der Waals surface area contributed by atoms with Gasteiger partial charge in [0, 0.05) is 22.2 Å². The highest BCUT2D eigenvalue weighted by molar-refractivity contribution is 6.33. The number of hydrogen-bond acceptors (Lipinski definition) is 6.